The van der Waals surface area contributed by atoms with Crippen molar-refractivity contribution in [3.05, 3.63) is 0 Å². The third-order valence-corrected chi connectivity index (χ3v) is 0.979. The van der Waals surface area contributed by atoms with Gasteiger partial charge >= 0.3 is 19.5 Å². The number of carbonyl (C=O) groups excluding carboxylic acids is 1. The molecule has 0 spiro atoms. The zero-order valence-electron chi connectivity index (χ0n) is 4.42. The second kappa shape index (κ2) is 2.78. The van der Waals surface area contributed by atoms with Gasteiger partial charge in [-0.25, -0.2) is 14.2 Å². The van der Waals surface area contributed by atoms with Crippen LogP contribution in [0.15, 0.2) is 0 Å². The Labute approximate surface area is 54.4 Å². The number of ether oxygens (including phenoxy) is 1. The molecule has 0 heterocycles. The quantitative estimate of drug-likeness (QED) is 0.287. The van der Waals surface area contributed by atoms with Gasteiger partial charge in [-0.05, 0) is 0 Å². The average Bonchev–Trinajstić information content (AvgIpc) is 1.60. The fourth-order valence-electron chi connectivity index (χ4n) is 0.134. The van der Waals surface area contributed by atoms with Crippen molar-refractivity contribution in [2.24, 2.45) is 0 Å². The molecular weight excluding hydrogens is 167 g/mol. The molecule has 0 aliphatic carbocycles. The first-order chi connectivity index (χ1) is 4.34. The molecule has 0 radical (unpaired) electrons. The lowest BCUT2D eigenvalue weighted by Crippen LogP contribution is -2.07. The molecule has 0 amide bonds. The summed E-state index contributed by atoms with van der Waals surface area (Å²) >= 11 is 0. The maximum absolute atomic E-state index is 9.91. The van der Waals surface area contributed by atoms with Crippen LogP contribution >= 0.6 is 7.60 Å². The SMILES string of the molecule is O=C(O)OC(=O)P(=O)(O)O. The van der Waals surface area contributed by atoms with Crippen LogP contribution in [0.1, 0.15) is 0 Å². The molecule has 0 rings (SSSR count). The van der Waals surface area contributed by atoms with Gasteiger partial charge in [-0.2, -0.15) is 0 Å². The lowest BCUT2D eigenvalue weighted by atomic mass is 11.3. The summed E-state index contributed by atoms with van der Waals surface area (Å²) in [6.45, 7) is 0. The van der Waals surface area contributed by atoms with Crippen LogP contribution in [-0.2, 0) is 9.30 Å². The van der Waals surface area contributed by atoms with E-state index in [2.05, 4.69) is 4.74 Å². The van der Waals surface area contributed by atoms with Crippen LogP contribution in [0.5, 0.6) is 0 Å². The normalized spacial score (nSPS) is 10.6. The van der Waals surface area contributed by atoms with Gasteiger partial charge in [0.15, 0.2) is 0 Å². The zero-order chi connectivity index (χ0) is 8.36. The van der Waals surface area contributed by atoms with Gasteiger partial charge in [0.1, 0.15) is 0 Å². The average molecular weight is 170 g/mol. The van der Waals surface area contributed by atoms with Crippen molar-refractivity contribution < 1.29 is 33.8 Å². The molecule has 0 unspecified atom stereocenters. The molecule has 0 fully saturated rings. The monoisotopic (exact) mass is 170 g/mol. The van der Waals surface area contributed by atoms with E-state index in [9.17, 15) is 14.2 Å². The van der Waals surface area contributed by atoms with E-state index in [1.165, 1.54) is 0 Å². The van der Waals surface area contributed by atoms with Crippen molar-refractivity contribution in [1.29, 1.82) is 0 Å². The van der Waals surface area contributed by atoms with Crippen molar-refractivity contribution in [2.75, 3.05) is 0 Å². The number of carboxylic acid groups (broad SMARTS) is 1. The van der Waals surface area contributed by atoms with Crippen molar-refractivity contribution in [3.63, 3.8) is 0 Å². The number of carbonyl (C=O) groups is 2. The fraction of sp³-hybridized carbons (Fsp3) is 0. The molecule has 0 aliphatic rings. The Morgan fingerprint density at radius 2 is 1.70 bits per heavy atom. The molecule has 7 nitrogen and oxygen atoms in total. The van der Waals surface area contributed by atoms with Crippen molar-refractivity contribution in [2.45, 2.75) is 0 Å². The molecule has 0 aromatic carbocycles. The summed E-state index contributed by atoms with van der Waals surface area (Å²) in [4.78, 5) is 35.2. The van der Waals surface area contributed by atoms with Crippen LogP contribution in [0.2, 0.25) is 0 Å². The van der Waals surface area contributed by atoms with Gasteiger partial charge in [-0.15, -0.1) is 0 Å². The topological polar surface area (TPSA) is 121 Å². The molecule has 10 heavy (non-hydrogen) atoms. The highest BCUT2D eigenvalue weighted by molar-refractivity contribution is 7.69. The molecular formula is C2H3O7P. The van der Waals surface area contributed by atoms with E-state index in [1.54, 1.807) is 0 Å². The number of hydrogen-bond donors (Lipinski definition) is 3. The number of rotatable bonds is 1. The molecule has 0 aliphatic heterocycles. The maximum Gasteiger partial charge on any atom is 0.514 e. The van der Waals surface area contributed by atoms with Crippen molar-refractivity contribution in [3.8, 4) is 0 Å². The first kappa shape index (κ1) is 9.09. The minimum absolute atomic E-state index is 2.05. The van der Waals surface area contributed by atoms with Crippen LogP contribution in [0.25, 0.3) is 0 Å². The Kier molecular flexibility index (Phi) is 2.53. The highest BCUT2D eigenvalue weighted by Gasteiger charge is 2.30. The third-order valence-electron chi connectivity index (χ3n) is 0.412. The lowest BCUT2D eigenvalue weighted by Gasteiger charge is -1.97. The van der Waals surface area contributed by atoms with Crippen LogP contribution < -0.4 is 0 Å². The fourth-order valence-corrected chi connectivity index (χ4v) is 0.331. The van der Waals surface area contributed by atoms with Crippen molar-refractivity contribution >= 4 is 19.5 Å². The van der Waals surface area contributed by atoms with E-state index in [-0.39, 0.29) is 0 Å². The Morgan fingerprint density at radius 3 is 1.80 bits per heavy atom. The van der Waals surface area contributed by atoms with Gasteiger partial charge in [-0.1, -0.05) is 0 Å². The second-order valence-electron chi connectivity index (χ2n) is 1.18. The minimum atomic E-state index is -5.05. The summed E-state index contributed by atoms with van der Waals surface area (Å²) in [6, 6.07) is 0. The Hall–Kier alpha value is -0.910. The summed E-state index contributed by atoms with van der Waals surface area (Å²) in [7, 11) is -5.05. The van der Waals surface area contributed by atoms with Gasteiger partial charge in [0, 0.05) is 0 Å². The molecule has 0 saturated carbocycles. The molecule has 0 saturated heterocycles. The van der Waals surface area contributed by atoms with Crippen LogP contribution in [0.4, 0.5) is 9.59 Å². The van der Waals surface area contributed by atoms with Crippen LogP contribution in [-0.4, -0.2) is 26.8 Å². The number of hydrogen-bond acceptors (Lipinski definition) is 4. The van der Waals surface area contributed by atoms with Crippen LogP contribution in [0.3, 0.4) is 0 Å². The maximum atomic E-state index is 9.91. The van der Waals surface area contributed by atoms with E-state index < -0.39 is 19.5 Å². The lowest BCUT2D eigenvalue weighted by molar-refractivity contribution is 0.117. The van der Waals surface area contributed by atoms with Crippen LogP contribution in [0, 0.1) is 0 Å². The Balaban J connectivity index is 4.13. The highest BCUT2D eigenvalue weighted by Crippen LogP contribution is 2.36. The van der Waals surface area contributed by atoms with Gasteiger partial charge in [0.25, 0.3) is 0 Å². The van der Waals surface area contributed by atoms with E-state index in [0.717, 1.165) is 0 Å². The highest BCUT2D eigenvalue weighted by atomic mass is 31.2. The molecule has 0 aromatic rings. The molecule has 0 aromatic heterocycles. The summed E-state index contributed by atoms with van der Waals surface area (Å²) in [6.07, 6.45) is -2.05. The Bertz CT molecular complexity index is 200. The third kappa shape index (κ3) is 3.18. The molecule has 58 valence electrons. The predicted octanol–water partition coefficient (Wildman–Crippen LogP) is -0.0213. The zero-order valence-corrected chi connectivity index (χ0v) is 5.32. The van der Waals surface area contributed by atoms with Gasteiger partial charge in [0.2, 0.25) is 0 Å². The summed E-state index contributed by atoms with van der Waals surface area (Å²) in [5.74, 6) is 0. The van der Waals surface area contributed by atoms with E-state index in [0.29, 0.717) is 0 Å². The second-order valence-corrected chi connectivity index (χ2v) is 2.63. The predicted molar refractivity (Wildman–Crippen MR) is 26.5 cm³/mol. The molecule has 8 heteroatoms. The smallest absolute Gasteiger partial charge is 0.449 e. The summed E-state index contributed by atoms with van der Waals surface area (Å²) in [5.41, 5.74) is -2.07. The van der Waals surface area contributed by atoms with Gasteiger partial charge < -0.3 is 19.6 Å². The largest absolute Gasteiger partial charge is 0.514 e. The minimum Gasteiger partial charge on any atom is -0.449 e. The molecule has 3 N–H and O–H groups in total. The van der Waals surface area contributed by atoms with E-state index in [4.69, 9.17) is 14.9 Å². The summed E-state index contributed by atoms with van der Waals surface area (Å²) < 4.78 is 13.0. The summed E-state index contributed by atoms with van der Waals surface area (Å²) in [5, 5.41) is 7.66. The van der Waals surface area contributed by atoms with E-state index >= 15 is 0 Å². The standard InChI is InChI=1S/C2H3O7P/c3-1(4)9-2(5)10(6,7)8/h(H,3,4)(H2,6,7,8). The van der Waals surface area contributed by atoms with Crippen molar-refractivity contribution in [1.82, 2.24) is 0 Å². The molecule has 0 atom stereocenters. The molecule has 0 bridgehead atoms. The first-order valence-electron chi connectivity index (χ1n) is 1.85. The van der Waals surface area contributed by atoms with E-state index in [1.807, 2.05) is 0 Å². The first-order valence-corrected chi connectivity index (χ1v) is 3.46. The van der Waals surface area contributed by atoms with Gasteiger partial charge in [0.05, 0.1) is 0 Å². The van der Waals surface area contributed by atoms with Gasteiger partial charge in [-0.3, -0.25) is 0 Å². The Morgan fingerprint density at radius 1 is 1.30 bits per heavy atom.